The molecule has 0 radical (unpaired) electrons. The summed E-state index contributed by atoms with van der Waals surface area (Å²) in [5, 5.41) is 12.4. The summed E-state index contributed by atoms with van der Waals surface area (Å²) >= 11 is 0. The van der Waals surface area contributed by atoms with E-state index in [0.717, 1.165) is 18.8 Å². The number of hydrogen-bond donors (Lipinski definition) is 1. The van der Waals surface area contributed by atoms with Crippen molar-refractivity contribution in [3.8, 4) is 0 Å². The molecule has 2 aliphatic heterocycles. The van der Waals surface area contributed by atoms with Gasteiger partial charge in [-0.1, -0.05) is 0 Å². The van der Waals surface area contributed by atoms with Crippen molar-refractivity contribution in [2.45, 2.75) is 51.2 Å². The largest absolute Gasteiger partial charge is 0.314 e. The lowest BCUT2D eigenvalue weighted by Crippen LogP contribution is -2.42. The van der Waals surface area contributed by atoms with Gasteiger partial charge in [-0.05, 0) is 46.3 Å². The van der Waals surface area contributed by atoms with Crippen molar-refractivity contribution in [3.05, 3.63) is 11.6 Å². The van der Waals surface area contributed by atoms with Crippen molar-refractivity contribution in [2.75, 3.05) is 20.1 Å². The third-order valence-electron chi connectivity index (χ3n) is 4.23. The molecule has 0 saturated carbocycles. The zero-order chi connectivity index (χ0) is 12.5. The molecule has 0 amide bonds. The molecule has 0 aromatic carbocycles. The maximum atomic E-state index is 4.36. The second-order valence-corrected chi connectivity index (χ2v) is 5.70. The van der Waals surface area contributed by atoms with Gasteiger partial charge in [0.1, 0.15) is 11.6 Å². The Morgan fingerprint density at radius 1 is 1.22 bits per heavy atom. The zero-order valence-electron chi connectivity index (χ0n) is 11.4. The maximum Gasteiger partial charge on any atom is 0.149 e. The number of nitrogens with one attached hydrogen (secondary N) is 1. The zero-order valence-corrected chi connectivity index (χ0v) is 11.4. The van der Waals surface area contributed by atoms with Crippen LogP contribution < -0.4 is 5.32 Å². The van der Waals surface area contributed by atoms with Crippen LogP contribution in [-0.4, -0.2) is 45.8 Å². The maximum absolute atomic E-state index is 4.36. The first kappa shape index (κ1) is 12.1. The van der Waals surface area contributed by atoms with Crippen LogP contribution in [0.4, 0.5) is 0 Å². The number of hydrogen-bond acceptors (Lipinski definition) is 4. The van der Waals surface area contributed by atoms with Crippen LogP contribution in [0.2, 0.25) is 0 Å². The monoisotopic (exact) mass is 249 g/mol. The van der Waals surface area contributed by atoms with E-state index in [2.05, 4.69) is 39.0 Å². The van der Waals surface area contributed by atoms with Crippen molar-refractivity contribution in [3.63, 3.8) is 0 Å². The average molecular weight is 249 g/mol. The Kier molecular flexibility index (Phi) is 3.35. The van der Waals surface area contributed by atoms with Gasteiger partial charge in [0.05, 0.1) is 6.04 Å². The molecule has 0 aliphatic carbocycles. The second kappa shape index (κ2) is 4.97. The van der Waals surface area contributed by atoms with Crippen LogP contribution in [0, 0.1) is 0 Å². The van der Waals surface area contributed by atoms with Gasteiger partial charge in [0.2, 0.25) is 0 Å². The SMILES string of the molecule is CC(NC1CCN(C)CC1)c1nnc2n1CCC2. The molecule has 1 fully saturated rings. The molecule has 1 N–H and O–H groups in total. The van der Waals surface area contributed by atoms with E-state index in [-0.39, 0.29) is 0 Å². The number of nitrogens with zero attached hydrogens (tertiary/aromatic N) is 4. The summed E-state index contributed by atoms with van der Waals surface area (Å²) < 4.78 is 2.30. The van der Waals surface area contributed by atoms with Gasteiger partial charge in [0.15, 0.2) is 0 Å². The minimum Gasteiger partial charge on any atom is -0.314 e. The fraction of sp³-hybridized carbons (Fsp3) is 0.846. The molecule has 0 spiro atoms. The highest BCUT2D eigenvalue weighted by Crippen LogP contribution is 2.20. The molecule has 1 atom stereocenters. The predicted molar refractivity (Wildman–Crippen MR) is 70.4 cm³/mol. The number of likely N-dealkylation sites (tertiary alicyclic amines) is 1. The lowest BCUT2D eigenvalue weighted by molar-refractivity contribution is 0.224. The Hall–Kier alpha value is -0.940. The number of rotatable bonds is 3. The van der Waals surface area contributed by atoms with Crippen molar-refractivity contribution in [2.24, 2.45) is 0 Å². The number of aryl methyl sites for hydroxylation is 1. The smallest absolute Gasteiger partial charge is 0.149 e. The van der Waals surface area contributed by atoms with E-state index in [1.807, 2.05) is 0 Å². The fourth-order valence-corrected chi connectivity index (χ4v) is 3.10. The second-order valence-electron chi connectivity index (χ2n) is 5.70. The first-order valence-corrected chi connectivity index (χ1v) is 7.10. The summed E-state index contributed by atoms with van der Waals surface area (Å²) in [5.41, 5.74) is 0. The first-order valence-electron chi connectivity index (χ1n) is 7.10. The molecule has 1 unspecified atom stereocenters. The van der Waals surface area contributed by atoms with Gasteiger partial charge >= 0.3 is 0 Å². The molecule has 1 saturated heterocycles. The molecule has 3 rings (SSSR count). The molecule has 1 aromatic heterocycles. The van der Waals surface area contributed by atoms with Crippen LogP contribution in [0.1, 0.15) is 43.9 Å². The fourth-order valence-electron chi connectivity index (χ4n) is 3.10. The van der Waals surface area contributed by atoms with E-state index in [1.54, 1.807) is 0 Å². The standard InChI is InChI=1S/C13H23N5/c1-10(14-11-5-8-17(2)9-6-11)13-16-15-12-4-3-7-18(12)13/h10-11,14H,3-9H2,1-2H3. The van der Waals surface area contributed by atoms with E-state index >= 15 is 0 Å². The van der Waals surface area contributed by atoms with Gasteiger partial charge in [-0.15, -0.1) is 10.2 Å². The molecular formula is C13H23N5. The van der Waals surface area contributed by atoms with Crippen LogP contribution in [-0.2, 0) is 13.0 Å². The molecule has 5 heteroatoms. The average Bonchev–Trinajstić information content (AvgIpc) is 2.93. The highest BCUT2D eigenvalue weighted by molar-refractivity contribution is 5.04. The summed E-state index contributed by atoms with van der Waals surface area (Å²) in [4.78, 5) is 2.40. The molecule has 100 valence electrons. The predicted octanol–water partition coefficient (Wildman–Crippen LogP) is 0.969. The van der Waals surface area contributed by atoms with Gasteiger partial charge in [-0.3, -0.25) is 0 Å². The van der Waals surface area contributed by atoms with Gasteiger partial charge < -0.3 is 14.8 Å². The molecule has 1 aromatic rings. The number of aromatic nitrogens is 3. The first-order chi connectivity index (χ1) is 8.74. The van der Waals surface area contributed by atoms with Crippen molar-refractivity contribution >= 4 is 0 Å². The third kappa shape index (κ3) is 2.29. The molecule has 18 heavy (non-hydrogen) atoms. The van der Waals surface area contributed by atoms with Crippen molar-refractivity contribution < 1.29 is 0 Å². The lowest BCUT2D eigenvalue weighted by Gasteiger charge is -2.31. The van der Waals surface area contributed by atoms with Crippen molar-refractivity contribution in [1.82, 2.24) is 25.0 Å². The molecule has 0 bridgehead atoms. The Morgan fingerprint density at radius 2 is 2.00 bits per heavy atom. The molecular weight excluding hydrogens is 226 g/mol. The highest BCUT2D eigenvalue weighted by Gasteiger charge is 2.24. The Labute approximate surface area is 109 Å². The summed E-state index contributed by atoms with van der Waals surface area (Å²) in [6.07, 6.45) is 4.79. The van der Waals surface area contributed by atoms with Crippen LogP contribution >= 0.6 is 0 Å². The Balaban J connectivity index is 1.62. The topological polar surface area (TPSA) is 46.0 Å². The van der Waals surface area contributed by atoms with Gasteiger partial charge in [-0.2, -0.15) is 0 Å². The minimum absolute atomic E-state index is 0.317. The van der Waals surface area contributed by atoms with Gasteiger partial charge in [0, 0.05) is 19.0 Å². The van der Waals surface area contributed by atoms with Crippen LogP contribution in [0.25, 0.3) is 0 Å². The van der Waals surface area contributed by atoms with Crippen LogP contribution in [0.5, 0.6) is 0 Å². The van der Waals surface area contributed by atoms with E-state index in [9.17, 15) is 0 Å². The molecule has 3 heterocycles. The minimum atomic E-state index is 0.317. The van der Waals surface area contributed by atoms with E-state index < -0.39 is 0 Å². The van der Waals surface area contributed by atoms with E-state index in [0.29, 0.717) is 12.1 Å². The molecule has 2 aliphatic rings. The lowest BCUT2D eigenvalue weighted by atomic mass is 10.0. The third-order valence-corrected chi connectivity index (χ3v) is 4.23. The van der Waals surface area contributed by atoms with Gasteiger partial charge in [0.25, 0.3) is 0 Å². The van der Waals surface area contributed by atoms with Gasteiger partial charge in [-0.25, -0.2) is 0 Å². The van der Waals surface area contributed by atoms with Crippen LogP contribution in [0.15, 0.2) is 0 Å². The van der Waals surface area contributed by atoms with Crippen molar-refractivity contribution in [1.29, 1.82) is 0 Å². The summed E-state index contributed by atoms with van der Waals surface area (Å²) in [6, 6.07) is 0.948. The van der Waals surface area contributed by atoms with E-state index in [4.69, 9.17) is 0 Å². The quantitative estimate of drug-likeness (QED) is 0.867. The molecule has 5 nitrogen and oxygen atoms in total. The number of piperidine rings is 1. The summed E-state index contributed by atoms with van der Waals surface area (Å²) in [7, 11) is 2.20. The summed E-state index contributed by atoms with van der Waals surface area (Å²) in [6.45, 7) is 5.70. The number of fused-ring (bicyclic) bond motifs is 1. The highest BCUT2D eigenvalue weighted by atomic mass is 15.3. The summed E-state index contributed by atoms with van der Waals surface area (Å²) in [5.74, 6) is 2.29. The Bertz CT molecular complexity index is 406. The Morgan fingerprint density at radius 3 is 2.78 bits per heavy atom. The van der Waals surface area contributed by atoms with Crippen LogP contribution in [0.3, 0.4) is 0 Å². The van der Waals surface area contributed by atoms with E-state index in [1.165, 1.54) is 38.2 Å². The normalized spacial score (nSPS) is 23.2.